The van der Waals surface area contributed by atoms with Crippen LogP contribution in [0.25, 0.3) is 0 Å². The Bertz CT molecular complexity index is 603. The topological polar surface area (TPSA) is 55.1 Å². The van der Waals surface area contributed by atoms with E-state index in [1.165, 1.54) is 12.1 Å². The van der Waals surface area contributed by atoms with E-state index in [4.69, 9.17) is 4.52 Å². The zero-order valence-corrected chi connectivity index (χ0v) is 12.3. The van der Waals surface area contributed by atoms with E-state index in [0.29, 0.717) is 25.8 Å². The number of rotatable bonds is 6. The van der Waals surface area contributed by atoms with E-state index >= 15 is 0 Å². The van der Waals surface area contributed by atoms with Crippen LogP contribution in [0.4, 0.5) is 4.39 Å². The number of aryl methyl sites for hydroxylation is 2. The summed E-state index contributed by atoms with van der Waals surface area (Å²) < 4.78 is 18.1. The number of nitrogens with one attached hydrogen (secondary N) is 1. The molecule has 1 aromatic carbocycles. The molecule has 21 heavy (non-hydrogen) atoms. The SMILES string of the molecule is Cc1noc(C)c1CCC(=O)NCCc1cccc(F)c1. The molecule has 1 N–H and O–H groups in total. The molecule has 4 nitrogen and oxygen atoms in total. The number of hydrogen-bond donors (Lipinski definition) is 1. The van der Waals surface area contributed by atoms with E-state index < -0.39 is 0 Å². The molecule has 5 heteroatoms. The molecule has 0 bridgehead atoms. The summed E-state index contributed by atoms with van der Waals surface area (Å²) in [4.78, 5) is 11.8. The summed E-state index contributed by atoms with van der Waals surface area (Å²) in [6, 6.07) is 6.41. The van der Waals surface area contributed by atoms with Gasteiger partial charge in [-0.1, -0.05) is 17.3 Å². The van der Waals surface area contributed by atoms with Gasteiger partial charge in [0.2, 0.25) is 5.91 Å². The molecule has 0 atom stereocenters. The van der Waals surface area contributed by atoms with Gasteiger partial charge in [0.25, 0.3) is 0 Å². The minimum atomic E-state index is -0.253. The van der Waals surface area contributed by atoms with Gasteiger partial charge in [-0.05, 0) is 44.4 Å². The van der Waals surface area contributed by atoms with Gasteiger partial charge in [0.05, 0.1) is 5.69 Å². The Balaban J connectivity index is 1.73. The molecule has 0 saturated carbocycles. The molecule has 0 aliphatic rings. The molecular weight excluding hydrogens is 271 g/mol. The van der Waals surface area contributed by atoms with E-state index in [9.17, 15) is 9.18 Å². The normalized spacial score (nSPS) is 10.6. The van der Waals surface area contributed by atoms with Gasteiger partial charge in [-0.2, -0.15) is 0 Å². The summed E-state index contributed by atoms with van der Waals surface area (Å²) in [5.41, 5.74) is 2.70. The van der Waals surface area contributed by atoms with Gasteiger partial charge in [-0.15, -0.1) is 0 Å². The average molecular weight is 290 g/mol. The van der Waals surface area contributed by atoms with Crippen LogP contribution in [0.5, 0.6) is 0 Å². The van der Waals surface area contributed by atoms with Gasteiger partial charge >= 0.3 is 0 Å². The molecule has 0 fully saturated rings. The van der Waals surface area contributed by atoms with E-state index in [2.05, 4.69) is 10.5 Å². The fourth-order valence-electron chi connectivity index (χ4n) is 2.22. The van der Waals surface area contributed by atoms with Crippen molar-refractivity contribution in [2.45, 2.75) is 33.1 Å². The third kappa shape index (κ3) is 4.41. The fraction of sp³-hybridized carbons (Fsp3) is 0.375. The minimum Gasteiger partial charge on any atom is -0.361 e. The van der Waals surface area contributed by atoms with Crippen molar-refractivity contribution in [3.05, 3.63) is 52.7 Å². The number of nitrogens with zero attached hydrogens (tertiary/aromatic N) is 1. The lowest BCUT2D eigenvalue weighted by Gasteiger charge is -2.05. The van der Waals surface area contributed by atoms with Crippen molar-refractivity contribution < 1.29 is 13.7 Å². The van der Waals surface area contributed by atoms with E-state index in [1.807, 2.05) is 19.9 Å². The predicted molar refractivity (Wildman–Crippen MR) is 77.4 cm³/mol. The molecule has 0 radical (unpaired) electrons. The third-order valence-electron chi connectivity index (χ3n) is 3.41. The molecule has 1 heterocycles. The van der Waals surface area contributed by atoms with Crippen LogP contribution >= 0.6 is 0 Å². The highest BCUT2D eigenvalue weighted by molar-refractivity contribution is 5.76. The molecule has 1 amide bonds. The molecule has 2 rings (SSSR count). The molecule has 112 valence electrons. The molecule has 2 aromatic rings. The first-order chi connectivity index (χ1) is 10.1. The number of benzene rings is 1. The summed E-state index contributed by atoms with van der Waals surface area (Å²) >= 11 is 0. The van der Waals surface area contributed by atoms with Gasteiger partial charge in [-0.3, -0.25) is 4.79 Å². The first-order valence-electron chi connectivity index (χ1n) is 6.99. The predicted octanol–water partition coefficient (Wildman–Crippen LogP) is 2.72. The van der Waals surface area contributed by atoms with E-state index in [1.54, 1.807) is 6.07 Å². The Morgan fingerprint density at radius 1 is 1.33 bits per heavy atom. The van der Waals surface area contributed by atoms with Crippen LogP contribution in [0, 0.1) is 19.7 Å². The molecular formula is C16H19FN2O2. The smallest absolute Gasteiger partial charge is 0.220 e. The van der Waals surface area contributed by atoms with Crippen LogP contribution < -0.4 is 5.32 Å². The van der Waals surface area contributed by atoms with Crippen molar-refractivity contribution in [3.8, 4) is 0 Å². The number of carbonyl (C=O) groups excluding carboxylic acids is 1. The largest absolute Gasteiger partial charge is 0.361 e. The van der Waals surface area contributed by atoms with E-state index in [-0.39, 0.29) is 11.7 Å². The summed E-state index contributed by atoms with van der Waals surface area (Å²) in [6.07, 6.45) is 1.63. The van der Waals surface area contributed by atoms with Gasteiger partial charge < -0.3 is 9.84 Å². The standard InChI is InChI=1S/C16H19FN2O2/c1-11-15(12(2)21-19-11)6-7-16(20)18-9-8-13-4-3-5-14(17)10-13/h3-5,10H,6-9H2,1-2H3,(H,18,20). The highest BCUT2D eigenvalue weighted by Crippen LogP contribution is 2.14. The maximum Gasteiger partial charge on any atom is 0.220 e. The summed E-state index contributed by atoms with van der Waals surface area (Å²) in [5.74, 6) is 0.490. The highest BCUT2D eigenvalue weighted by atomic mass is 19.1. The first kappa shape index (κ1) is 15.2. The molecule has 0 aliphatic carbocycles. The lowest BCUT2D eigenvalue weighted by Crippen LogP contribution is -2.26. The van der Waals surface area contributed by atoms with Gasteiger partial charge in [0.15, 0.2) is 0 Å². The van der Waals surface area contributed by atoms with Crippen LogP contribution in [0.2, 0.25) is 0 Å². The van der Waals surface area contributed by atoms with Crippen LogP contribution in [0.1, 0.15) is 29.0 Å². The Morgan fingerprint density at radius 3 is 2.81 bits per heavy atom. The zero-order chi connectivity index (χ0) is 15.2. The van der Waals surface area contributed by atoms with Crippen molar-refractivity contribution in [2.24, 2.45) is 0 Å². The lowest BCUT2D eigenvalue weighted by atomic mass is 10.1. The Labute approximate surface area is 123 Å². The Hall–Kier alpha value is -2.17. The second-order valence-electron chi connectivity index (χ2n) is 5.03. The quantitative estimate of drug-likeness (QED) is 0.890. The number of hydrogen-bond acceptors (Lipinski definition) is 3. The Kier molecular flexibility index (Phi) is 5.09. The van der Waals surface area contributed by atoms with Crippen molar-refractivity contribution >= 4 is 5.91 Å². The van der Waals surface area contributed by atoms with Gasteiger partial charge in [-0.25, -0.2) is 4.39 Å². The molecule has 0 saturated heterocycles. The van der Waals surface area contributed by atoms with Crippen LogP contribution in [0.3, 0.4) is 0 Å². The van der Waals surface area contributed by atoms with Crippen molar-refractivity contribution in [3.63, 3.8) is 0 Å². The summed E-state index contributed by atoms with van der Waals surface area (Å²) in [6.45, 7) is 4.22. The monoisotopic (exact) mass is 290 g/mol. The molecule has 0 aliphatic heterocycles. The van der Waals surface area contributed by atoms with Gasteiger partial charge in [0, 0.05) is 18.5 Å². The third-order valence-corrected chi connectivity index (χ3v) is 3.41. The second-order valence-corrected chi connectivity index (χ2v) is 5.03. The summed E-state index contributed by atoms with van der Waals surface area (Å²) in [5, 5.41) is 6.70. The van der Waals surface area contributed by atoms with Gasteiger partial charge in [0.1, 0.15) is 11.6 Å². The van der Waals surface area contributed by atoms with E-state index in [0.717, 1.165) is 22.6 Å². The number of amides is 1. The van der Waals surface area contributed by atoms with Crippen LogP contribution in [0.15, 0.2) is 28.8 Å². The van der Waals surface area contributed by atoms with Crippen LogP contribution in [-0.4, -0.2) is 17.6 Å². The molecule has 1 aromatic heterocycles. The maximum absolute atomic E-state index is 13.0. The highest BCUT2D eigenvalue weighted by Gasteiger charge is 2.10. The van der Waals surface area contributed by atoms with Crippen molar-refractivity contribution in [1.82, 2.24) is 10.5 Å². The first-order valence-corrected chi connectivity index (χ1v) is 6.99. The maximum atomic E-state index is 13.0. The average Bonchev–Trinajstić information content (AvgIpc) is 2.76. The molecule has 0 unspecified atom stereocenters. The number of aromatic nitrogens is 1. The fourth-order valence-corrected chi connectivity index (χ4v) is 2.22. The zero-order valence-electron chi connectivity index (χ0n) is 12.3. The number of carbonyl (C=O) groups is 1. The molecule has 0 spiro atoms. The minimum absolute atomic E-state index is 0.0218. The van der Waals surface area contributed by atoms with Crippen molar-refractivity contribution in [1.29, 1.82) is 0 Å². The van der Waals surface area contributed by atoms with Crippen LogP contribution in [-0.2, 0) is 17.6 Å². The lowest BCUT2D eigenvalue weighted by molar-refractivity contribution is -0.121. The summed E-state index contributed by atoms with van der Waals surface area (Å²) in [7, 11) is 0. The van der Waals surface area contributed by atoms with Crippen molar-refractivity contribution in [2.75, 3.05) is 6.54 Å². The Morgan fingerprint density at radius 2 is 2.14 bits per heavy atom. The second kappa shape index (κ2) is 7.02. The number of halogens is 1.